The predicted molar refractivity (Wildman–Crippen MR) is 26.7 cm³/mol. The fourth-order valence-corrected chi connectivity index (χ4v) is 0. The van der Waals surface area contributed by atoms with Crippen molar-refractivity contribution in [2.75, 3.05) is 0 Å². The second kappa shape index (κ2) is 15.6. The molecule has 7 heteroatoms. The molecule has 0 unspecified atom stereocenters. The van der Waals surface area contributed by atoms with Gasteiger partial charge >= 0.3 is 45.0 Å². The van der Waals surface area contributed by atoms with Gasteiger partial charge in [-0.05, 0) is 0 Å². The Balaban J connectivity index is -0.0000000150. The summed E-state index contributed by atoms with van der Waals surface area (Å²) in [6.45, 7) is 0. The van der Waals surface area contributed by atoms with E-state index >= 15 is 0 Å². The Morgan fingerprint density at radius 3 is 0.857 bits per heavy atom. The molecule has 0 rings (SSSR count). The van der Waals surface area contributed by atoms with Crippen molar-refractivity contribution in [2.45, 2.75) is 0 Å². The van der Waals surface area contributed by atoms with E-state index in [0.717, 1.165) is 0 Å². The third kappa shape index (κ3) is 89.1. The first-order valence-electron chi connectivity index (χ1n) is 0.775. The normalized spacial score (nSPS) is 3.86. The topological polar surface area (TPSA) is 60.7 Å². The Kier molecular flexibility index (Phi) is 52.3. The van der Waals surface area contributed by atoms with Crippen LogP contribution < -0.4 is 0 Å². The van der Waals surface area contributed by atoms with E-state index in [-0.39, 0.29) is 54.8 Å². The summed E-state index contributed by atoms with van der Waals surface area (Å²) in [5.74, 6) is 0. The number of hydrogen-bond donors (Lipinski definition) is 3. The molecule has 0 radical (unpaired) electrons. The fourth-order valence-electron chi connectivity index (χ4n) is 0. The molecule has 0 heterocycles. The first-order chi connectivity index (χ1) is 1.73. The van der Waals surface area contributed by atoms with E-state index in [2.05, 4.69) is 0 Å². The van der Waals surface area contributed by atoms with E-state index in [1.165, 1.54) is 0 Å². The van der Waals surface area contributed by atoms with Gasteiger partial charge in [-0.25, -0.2) is 0 Å². The van der Waals surface area contributed by atoms with Crippen molar-refractivity contribution in [3.8, 4) is 0 Å². The summed E-state index contributed by atoms with van der Waals surface area (Å²) in [5, 5.41) is 21.5. The Labute approximate surface area is 76.9 Å². The van der Waals surface area contributed by atoms with E-state index in [1.54, 1.807) is 0 Å². The summed E-state index contributed by atoms with van der Waals surface area (Å²) < 4.78 is 0. The SMILES string of the molecule is OB(O)O.[Fe].[LiH].[LiH]. The van der Waals surface area contributed by atoms with Gasteiger partial charge in [0.15, 0.2) is 0 Å². The van der Waals surface area contributed by atoms with Crippen LogP contribution in [0.2, 0.25) is 0 Å². The average Bonchev–Trinajstić information content (AvgIpc) is 0.811. The van der Waals surface area contributed by atoms with Crippen LogP contribution in [0.25, 0.3) is 0 Å². The van der Waals surface area contributed by atoms with Gasteiger partial charge in [0.25, 0.3) is 0 Å². The number of hydrogen-bond acceptors (Lipinski definition) is 3. The second-order valence-corrected chi connectivity index (χ2v) is 0.346. The zero-order valence-corrected chi connectivity index (χ0v) is 3.38. The van der Waals surface area contributed by atoms with Crippen molar-refractivity contribution in [3.63, 3.8) is 0 Å². The molecule has 0 aromatic heterocycles. The maximum atomic E-state index is 7.17. The molecular weight excluding hydrogens is 129 g/mol. The molecule has 0 amide bonds. The van der Waals surface area contributed by atoms with Gasteiger partial charge in [-0.15, -0.1) is 0 Å². The standard InChI is InChI=1S/BH3O3.Fe.2Li.2H/c2-1(3)4;;;;;/h2-4H;;;;;. The molecule has 7 heavy (non-hydrogen) atoms. The zero-order valence-electron chi connectivity index (χ0n) is 2.27. The Bertz CT molecular complexity index is 17.7. The molecule has 0 bridgehead atoms. The quantitative estimate of drug-likeness (QED) is 0.303. The van der Waals surface area contributed by atoms with Crippen molar-refractivity contribution in [1.29, 1.82) is 0 Å². The van der Waals surface area contributed by atoms with Crippen molar-refractivity contribution in [1.82, 2.24) is 0 Å². The van der Waals surface area contributed by atoms with Crippen molar-refractivity contribution in [3.05, 3.63) is 0 Å². The van der Waals surface area contributed by atoms with Gasteiger partial charge in [-0.1, -0.05) is 0 Å². The minimum absolute atomic E-state index is 0. The van der Waals surface area contributed by atoms with Gasteiger partial charge in [0, 0.05) is 17.1 Å². The van der Waals surface area contributed by atoms with Gasteiger partial charge in [-0.3, -0.25) is 0 Å². The molecule has 0 saturated heterocycles. The number of rotatable bonds is 0. The predicted octanol–water partition coefficient (Wildman–Crippen LogP) is -3.35. The molecule has 3 nitrogen and oxygen atoms in total. The summed E-state index contributed by atoms with van der Waals surface area (Å²) in [4.78, 5) is 0. The van der Waals surface area contributed by atoms with Crippen LogP contribution >= 0.6 is 0 Å². The van der Waals surface area contributed by atoms with Crippen molar-refractivity contribution in [2.24, 2.45) is 0 Å². The molecule has 0 aromatic carbocycles. The molecule has 3 N–H and O–H groups in total. The molecule has 0 aliphatic heterocycles. The van der Waals surface area contributed by atoms with Crippen molar-refractivity contribution >= 4 is 45.0 Å². The molecular formula is H5BFeLi2O3. The van der Waals surface area contributed by atoms with Crippen LogP contribution in [-0.2, 0) is 17.1 Å². The van der Waals surface area contributed by atoms with Crippen LogP contribution in [0.3, 0.4) is 0 Å². The van der Waals surface area contributed by atoms with Gasteiger partial charge in [0.05, 0.1) is 0 Å². The van der Waals surface area contributed by atoms with Gasteiger partial charge < -0.3 is 15.1 Å². The summed E-state index contributed by atoms with van der Waals surface area (Å²) in [6.07, 6.45) is 0. The van der Waals surface area contributed by atoms with Crippen LogP contribution in [0.1, 0.15) is 0 Å². The summed E-state index contributed by atoms with van der Waals surface area (Å²) in [5.41, 5.74) is 0. The third-order valence-electron chi connectivity index (χ3n) is 0. The molecule has 0 spiro atoms. The van der Waals surface area contributed by atoms with Crippen LogP contribution in [0.15, 0.2) is 0 Å². The van der Waals surface area contributed by atoms with Crippen LogP contribution in [0, 0.1) is 0 Å². The molecule has 0 aliphatic carbocycles. The second-order valence-electron chi connectivity index (χ2n) is 0.346. The zero-order chi connectivity index (χ0) is 3.58. The first kappa shape index (κ1) is 23.4. The van der Waals surface area contributed by atoms with Crippen LogP contribution in [-0.4, -0.2) is 60.1 Å². The van der Waals surface area contributed by atoms with Gasteiger partial charge in [0.1, 0.15) is 0 Å². The van der Waals surface area contributed by atoms with Crippen LogP contribution in [0.5, 0.6) is 0 Å². The van der Waals surface area contributed by atoms with Gasteiger partial charge in [0.2, 0.25) is 0 Å². The van der Waals surface area contributed by atoms with Gasteiger partial charge in [-0.2, -0.15) is 0 Å². The first-order valence-corrected chi connectivity index (χ1v) is 0.775. The van der Waals surface area contributed by atoms with Crippen LogP contribution in [0.4, 0.5) is 0 Å². The summed E-state index contributed by atoms with van der Waals surface area (Å²) >= 11 is 0. The monoisotopic (exact) mass is 134 g/mol. The molecule has 0 saturated carbocycles. The molecule has 0 aliphatic rings. The van der Waals surface area contributed by atoms with E-state index < -0.39 is 7.32 Å². The van der Waals surface area contributed by atoms with E-state index in [9.17, 15) is 0 Å². The maximum absolute atomic E-state index is 7.17. The average molecular weight is 134 g/mol. The fraction of sp³-hybridized carbons (Fsp3) is 0. The van der Waals surface area contributed by atoms with E-state index in [4.69, 9.17) is 15.1 Å². The molecule has 0 atom stereocenters. The Morgan fingerprint density at radius 1 is 0.857 bits per heavy atom. The third-order valence-corrected chi connectivity index (χ3v) is 0. The van der Waals surface area contributed by atoms with Crippen molar-refractivity contribution < 1.29 is 32.1 Å². The Morgan fingerprint density at radius 2 is 0.857 bits per heavy atom. The minimum atomic E-state index is -2.17. The summed E-state index contributed by atoms with van der Waals surface area (Å²) in [6, 6.07) is 0. The molecule has 36 valence electrons. The van der Waals surface area contributed by atoms with E-state index in [0.29, 0.717) is 0 Å². The Hall–Kier alpha value is 1.66. The molecule has 0 aromatic rings. The van der Waals surface area contributed by atoms with E-state index in [1.807, 2.05) is 0 Å². The summed E-state index contributed by atoms with van der Waals surface area (Å²) in [7, 11) is -2.17. The molecule has 0 fully saturated rings.